The molecule has 1 N–H and O–H groups in total. The van der Waals surface area contributed by atoms with Crippen LogP contribution >= 0.6 is 11.3 Å². The van der Waals surface area contributed by atoms with E-state index in [1.807, 2.05) is 54.6 Å². The van der Waals surface area contributed by atoms with Crippen molar-refractivity contribution in [1.82, 2.24) is 10.3 Å². The van der Waals surface area contributed by atoms with Crippen LogP contribution in [-0.4, -0.2) is 24.5 Å². The number of benzene rings is 2. The summed E-state index contributed by atoms with van der Waals surface area (Å²) in [5.74, 6) is 1.32. The third-order valence-electron chi connectivity index (χ3n) is 3.52. The topological polar surface area (TPSA) is 60.5 Å². The Morgan fingerprint density at radius 3 is 2.56 bits per heavy atom. The number of carbonyl (C=O) groups is 1. The fraction of sp³-hybridized carbons (Fsp3) is 0.158. The summed E-state index contributed by atoms with van der Waals surface area (Å²) in [6.45, 7) is 0.539. The van der Waals surface area contributed by atoms with Crippen LogP contribution in [0.25, 0.3) is 0 Å². The van der Waals surface area contributed by atoms with Crippen molar-refractivity contribution in [2.24, 2.45) is 0 Å². The summed E-state index contributed by atoms with van der Waals surface area (Å²) in [7, 11) is 1.64. The second-order valence-electron chi connectivity index (χ2n) is 5.27. The Balaban J connectivity index is 1.49. The average molecular weight is 354 g/mol. The normalized spacial score (nSPS) is 10.3. The van der Waals surface area contributed by atoms with Crippen LogP contribution in [0.2, 0.25) is 0 Å². The summed E-state index contributed by atoms with van der Waals surface area (Å²) < 4.78 is 10.7. The van der Waals surface area contributed by atoms with Crippen molar-refractivity contribution < 1.29 is 14.3 Å². The molecule has 0 saturated heterocycles. The number of hydrogen-bond donors (Lipinski definition) is 1. The van der Waals surface area contributed by atoms with Gasteiger partial charge in [-0.1, -0.05) is 41.7 Å². The van der Waals surface area contributed by atoms with Crippen LogP contribution in [-0.2, 0) is 6.42 Å². The van der Waals surface area contributed by atoms with E-state index in [0.717, 1.165) is 17.7 Å². The van der Waals surface area contributed by atoms with Crippen LogP contribution in [0.5, 0.6) is 16.7 Å². The number of para-hydroxylation sites is 1. The van der Waals surface area contributed by atoms with Gasteiger partial charge in [0, 0.05) is 11.9 Å². The maximum absolute atomic E-state index is 12.2. The molecule has 0 aliphatic heterocycles. The molecule has 0 atom stereocenters. The Kier molecular flexibility index (Phi) is 5.64. The molecule has 1 amide bonds. The Labute approximate surface area is 150 Å². The predicted octanol–water partition coefficient (Wildman–Crippen LogP) is 3.92. The predicted molar refractivity (Wildman–Crippen MR) is 97.7 cm³/mol. The lowest BCUT2D eigenvalue weighted by Gasteiger charge is -2.05. The zero-order chi connectivity index (χ0) is 17.5. The second-order valence-corrected chi connectivity index (χ2v) is 6.09. The first-order chi connectivity index (χ1) is 12.2. The molecule has 0 radical (unpaired) electrons. The van der Waals surface area contributed by atoms with Gasteiger partial charge in [-0.15, -0.1) is 0 Å². The maximum atomic E-state index is 12.2. The molecule has 5 nitrogen and oxygen atoms in total. The van der Waals surface area contributed by atoms with Crippen LogP contribution in [0.4, 0.5) is 0 Å². The standard InChI is InChI=1S/C19H18N2O3S/c1-23-15-9-7-14(8-10-15)11-12-20-18(22)17-13-25-19(21-17)24-16-5-3-2-4-6-16/h2-10,13H,11-12H2,1H3,(H,20,22). The highest BCUT2D eigenvalue weighted by atomic mass is 32.1. The van der Waals surface area contributed by atoms with E-state index in [0.29, 0.717) is 23.2 Å². The van der Waals surface area contributed by atoms with Gasteiger partial charge in [-0.05, 0) is 36.2 Å². The summed E-state index contributed by atoms with van der Waals surface area (Å²) in [5.41, 5.74) is 1.50. The molecule has 1 heterocycles. The summed E-state index contributed by atoms with van der Waals surface area (Å²) >= 11 is 1.30. The monoisotopic (exact) mass is 354 g/mol. The van der Waals surface area contributed by atoms with Crippen molar-refractivity contribution in [3.05, 3.63) is 71.2 Å². The quantitative estimate of drug-likeness (QED) is 0.699. The van der Waals surface area contributed by atoms with Crippen molar-refractivity contribution >= 4 is 17.2 Å². The van der Waals surface area contributed by atoms with Crippen molar-refractivity contribution in [3.63, 3.8) is 0 Å². The number of aromatic nitrogens is 1. The minimum absolute atomic E-state index is 0.201. The van der Waals surface area contributed by atoms with Gasteiger partial charge in [-0.2, -0.15) is 4.98 Å². The number of methoxy groups -OCH3 is 1. The first kappa shape index (κ1) is 17.0. The number of hydrogen-bond acceptors (Lipinski definition) is 5. The minimum atomic E-state index is -0.201. The summed E-state index contributed by atoms with van der Waals surface area (Å²) in [6, 6.07) is 17.2. The molecule has 128 valence electrons. The molecule has 6 heteroatoms. The lowest BCUT2D eigenvalue weighted by Crippen LogP contribution is -2.25. The summed E-state index contributed by atoms with van der Waals surface area (Å²) in [4.78, 5) is 16.4. The molecule has 25 heavy (non-hydrogen) atoms. The van der Waals surface area contributed by atoms with Crippen molar-refractivity contribution in [1.29, 1.82) is 0 Å². The number of rotatable bonds is 7. The van der Waals surface area contributed by atoms with E-state index in [1.54, 1.807) is 12.5 Å². The lowest BCUT2D eigenvalue weighted by atomic mass is 10.1. The molecule has 0 bridgehead atoms. The molecule has 0 spiro atoms. The van der Waals surface area contributed by atoms with E-state index in [2.05, 4.69) is 10.3 Å². The Morgan fingerprint density at radius 1 is 1.08 bits per heavy atom. The van der Waals surface area contributed by atoms with E-state index in [1.165, 1.54) is 11.3 Å². The van der Waals surface area contributed by atoms with E-state index in [4.69, 9.17) is 9.47 Å². The number of nitrogens with one attached hydrogen (secondary N) is 1. The van der Waals surface area contributed by atoms with Gasteiger partial charge in [0.1, 0.15) is 17.2 Å². The summed E-state index contributed by atoms with van der Waals surface area (Å²) in [5, 5.41) is 5.02. The van der Waals surface area contributed by atoms with Gasteiger partial charge in [-0.3, -0.25) is 4.79 Å². The molecule has 3 aromatic rings. The van der Waals surface area contributed by atoms with E-state index in [9.17, 15) is 4.79 Å². The smallest absolute Gasteiger partial charge is 0.279 e. The largest absolute Gasteiger partial charge is 0.497 e. The Morgan fingerprint density at radius 2 is 1.84 bits per heavy atom. The summed E-state index contributed by atoms with van der Waals surface area (Å²) in [6.07, 6.45) is 0.743. The highest BCUT2D eigenvalue weighted by Crippen LogP contribution is 2.24. The van der Waals surface area contributed by atoms with Gasteiger partial charge >= 0.3 is 0 Å². The Hall–Kier alpha value is -2.86. The average Bonchev–Trinajstić information content (AvgIpc) is 3.12. The first-order valence-electron chi connectivity index (χ1n) is 7.84. The van der Waals surface area contributed by atoms with Crippen LogP contribution in [0.15, 0.2) is 60.0 Å². The lowest BCUT2D eigenvalue weighted by molar-refractivity contribution is 0.0949. The van der Waals surface area contributed by atoms with E-state index < -0.39 is 0 Å². The van der Waals surface area contributed by atoms with Gasteiger partial charge in [0.2, 0.25) is 0 Å². The van der Waals surface area contributed by atoms with Crippen LogP contribution in [0.3, 0.4) is 0 Å². The van der Waals surface area contributed by atoms with Gasteiger partial charge < -0.3 is 14.8 Å². The van der Waals surface area contributed by atoms with Gasteiger partial charge in [-0.25, -0.2) is 0 Å². The molecule has 0 saturated carbocycles. The molecule has 0 aliphatic rings. The van der Waals surface area contributed by atoms with Gasteiger partial charge in [0.25, 0.3) is 11.1 Å². The third kappa shape index (κ3) is 4.81. The van der Waals surface area contributed by atoms with Crippen molar-refractivity contribution in [2.45, 2.75) is 6.42 Å². The van der Waals surface area contributed by atoms with E-state index >= 15 is 0 Å². The van der Waals surface area contributed by atoms with Crippen LogP contribution < -0.4 is 14.8 Å². The zero-order valence-corrected chi connectivity index (χ0v) is 14.6. The fourth-order valence-corrected chi connectivity index (χ4v) is 2.87. The van der Waals surface area contributed by atoms with Crippen LogP contribution in [0.1, 0.15) is 16.1 Å². The molecular formula is C19H18N2O3S. The molecule has 0 aliphatic carbocycles. The van der Waals surface area contributed by atoms with Crippen molar-refractivity contribution in [2.75, 3.05) is 13.7 Å². The number of amides is 1. The number of nitrogens with zero attached hydrogens (tertiary/aromatic N) is 1. The molecule has 1 aromatic heterocycles. The van der Waals surface area contributed by atoms with Gasteiger partial charge in [0.15, 0.2) is 0 Å². The first-order valence-corrected chi connectivity index (χ1v) is 8.72. The highest BCUT2D eigenvalue weighted by Gasteiger charge is 2.11. The third-order valence-corrected chi connectivity index (χ3v) is 4.24. The van der Waals surface area contributed by atoms with Crippen LogP contribution in [0, 0.1) is 0 Å². The number of thiazole rings is 1. The molecule has 2 aromatic carbocycles. The van der Waals surface area contributed by atoms with Crippen molar-refractivity contribution in [3.8, 4) is 16.7 Å². The molecular weight excluding hydrogens is 336 g/mol. The fourth-order valence-electron chi connectivity index (χ4n) is 2.20. The molecule has 0 fully saturated rings. The minimum Gasteiger partial charge on any atom is -0.497 e. The van der Waals surface area contributed by atoms with Gasteiger partial charge in [0.05, 0.1) is 7.11 Å². The second kappa shape index (κ2) is 8.30. The number of carbonyl (C=O) groups excluding carboxylic acids is 1. The maximum Gasteiger partial charge on any atom is 0.279 e. The number of ether oxygens (including phenoxy) is 2. The zero-order valence-electron chi connectivity index (χ0n) is 13.8. The molecule has 3 rings (SSSR count). The molecule has 0 unspecified atom stereocenters. The Bertz CT molecular complexity index is 816. The SMILES string of the molecule is COc1ccc(CCNC(=O)c2csc(Oc3ccccc3)n2)cc1. The highest BCUT2D eigenvalue weighted by molar-refractivity contribution is 7.11. The van der Waals surface area contributed by atoms with E-state index in [-0.39, 0.29) is 5.91 Å².